The van der Waals surface area contributed by atoms with E-state index < -0.39 is 11.8 Å². The maximum atomic E-state index is 13.4. The molecule has 0 unspecified atom stereocenters. The first-order valence-electron chi connectivity index (χ1n) is 5.39. The van der Waals surface area contributed by atoms with Crippen LogP contribution >= 0.6 is 15.9 Å². The molecule has 1 heterocycles. The number of benzene rings is 1. The van der Waals surface area contributed by atoms with Gasteiger partial charge in [0.1, 0.15) is 12.4 Å². The second kappa shape index (κ2) is 5.79. The molecule has 98 valence electrons. The lowest BCUT2D eigenvalue weighted by atomic mass is 10.2. The molecule has 0 aliphatic rings. The van der Waals surface area contributed by atoms with Gasteiger partial charge in [-0.2, -0.15) is 0 Å². The number of nitrogens with two attached hydrogens (primary N) is 1. The molecular weight excluding hydrogens is 315 g/mol. The fraction of sp³-hybridized carbons (Fsp3) is 0.0769. The minimum Gasteiger partial charge on any atom is -0.456 e. The second-order valence-electron chi connectivity index (χ2n) is 3.78. The van der Waals surface area contributed by atoms with Gasteiger partial charge in [-0.3, -0.25) is 4.98 Å². The molecule has 1 aromatic carbocycles. The summed E-state index contributed by atoms with van der Waals surface area (Å²) >= 11 is 3.25. The molecule has 0 fully saturated rings. The highest BCUT2D eigenvalue weighted by Crippen LogP contribution is 2.14. The van der Waals surface area contributed by atoms with E-state index in [1.165, 1.54) is 12.1 Å². The molecule has 2 N–H and O–H groups in total. The minimum absolute atomic E-state index is 0.0274. The summed E-state index contributed by atoms with van der Waals surface area (Å²) in [5.41, 5.74) is 6.19. The number of rotatable bonds is 3. The Morgan fingerprint density at radius 2 is 2.16 bits per heavy atom. The van der Waals surface area contributed by atoms with Crippen LogP contribution in [0.15, 0.2) is 41.0 Å². The molecule has 19 heavy (non-hydrogen) atoms. The monoisotopic (exact) mass is 324 g/mol. The quantitative estimate of drug-likeness (QED) is 0.696. The van der Waals surface area contributed by atoms with Crippen molar-refractivity contribution in [1.82, 2.24) is 4.98 Å². The van der Waals surface area contributed by atoms with E-state index in [-0.39, 0.29) is 12.2 Å². The summed E-state index contributed by atoms with van der Waals surface area (Å²) in [6.45, 7) is -0.0274. The van der Waals surface area contributed by atoms with Crippen LogP contribution in [0.4, 0.5) is 10.1 Å². The number of nitrogen functional groups attached to an aromatic ring is 1. The van der Waals surface area contributed by atoms with Gasteiger partial charge < -0.3 is 10.5 Å². The van der Waals surface area contributed by atoms with Crippen LogP contribution in [-0.4, -0.2) is 11.0 Å². The van der Waals surface area contributed by atoms with Crippen LogP contribution in [0.5, 0.6) is 0 Å². The number of halogens is 2. The van der Waals surface area contributed by atoms with Crippen molar-refractivity contribution in [2.24, 2.45) is 0 Å². The molecule has 0 radical (unpaired) electrons. The topological polar surface area (TPSA) is 65.2 Å². The van der Waals surface area contributed by atoms with Gasteiger partial charge in [-0.15, -0.1) is 0 Å². The first-order chi connectivity index (χ1) is 9.06. The van der Waals surface area contributed by atoms with Crippen LogP contribution in [-0.2, 0) is 11.3 Å². The van der Waals surface area contributed by atoms with Crippen LogP contribution in [0.1, 0.15) is 16.1 Å². The Balaban J connectivity index is 2.05. The van der Waals surface area contributed by atoms with Crippen molar-refractivity contribution in [3.8, 4) is 0 Å². The maximum absolute atomic E-state index is 13.4. The molecule has 0 aliphatic heterocycles. The Hall–Kier alpha value is -1.95. The lowest BCUT2D eigenvalue weighted by Crippen LogP contribution is -2.09. The van der Waals surface area contributed by atoms with Gasteiger partial charge in [0.15, 0.2) is 0 Å². The van der Waals surface area contributed by atoms with Gasteiger partial charge in [0.05, 0.1) is 11.3 Å². The normalized spacial score (nSPS) is 10.2. The van der Waals surface area contributed by atoms with Crippen molar-refractivity contribution >= 4 is 27.6 Å². The molecule has 0 amide bonds. The Morgan fingerprint density at radius 3 is 2.84 bits per heavy atom. The van der Waals surface area contributed by atoms with Gasteiger partial charge in [-0.05, 0) is 46.3 Å². The summed E-state index contributed by atoms with van der Waals surface area (Å²) in [5, 5.41) is 0. The predicted molar refractivity (Wildman–Crippen MR) is 71.9 cm³/mol. The van der Waals surface area contributed by atoms with Gasteiger partial charge in [0, 0.05) is 16.4 Å². The predicted octanol–water partition coefficient (Wildman–Crippen LogP) is 2.92. The molecule has 1 aromatic heterocycles. The van der Waals surface area contributed by atoms with Crippen LogP contribution in [0, 0.1) is 5.82 Å². The molecule has 2 rings (SSSR count). The zero-order valence-corrected chi connectivity index (χ0v) is 11.4. The third kappa shape index (κ3) is 3.51. The number of hydrogen-bond donors (Lipinski definition) is 1. The summed E-state index contributed by atoms with van der Waals surface area (Å²) < 4.78 is 19.2. The van der Waals surface area contributed by atoms with Crippen LogP contribution in [0.25, 0.3) is 0 Å². The zero-order valence-electron chi connectivity index (χ0n) is 9.77. The van der Waals surface area contributed by atoms with E-state index >= 15 is 0 Å². The number of aromatic nitrogens is 1. The average Bonchev–Trinajstić information content (AvgIpc) is 2.40. The molecule has 4 nitrogen and oxygen atoms in total. The lowest BCUT2D eigenvalue weighted by molar-refractivity contribution is 0.0462. The van der Waals surface area contributed by atoms with E-state index in [4.69, 9.17) is 10.5 Å². The number of carbonyl (C=O) groups excluding carboxylic acids is 1. The standard InChI is InChI=1S/C13H10BrFN2O2/c14-8-1-3-10(17-6-8)7-19-13(18)11-5-9(16)2-4-12(11)15/h1-6H,7,16H2. The summed E-state index contributed by atoms with van der Waals surface area (Å²) in [6.07, 6.45) is 1.59. The Morgan fingerprint density at radius 1 is 1.37 bits per heavy atom. The fourth-order valence-corrected chi connectivity index (χ4v) is 1.64. The van der Waals surface area contributed by atoms with E-state index in [0.29, 0.717) is 11.4 Å². The van der Waals surface area contributed by atoms with E-state index in [2.05, 4.69) is 20.9 Å². The summed E-state index contributed by atoms with van der Waals surface area (Å²) in [7, 11) is 0. The third-order valence-corrected chi connectivity index (χ3v) is 2.82. The second-order valence-corrected chi connectivity index (χ2v) is 4.70. The highest BCUT2D eigenvalue weighted by molar-refractivity contribution is 9.10. The smallest absolute Gasteiger partial charge is 0.341 e. The van der Waals surface area contributed by atoms with Crippen molar-refractivity contribution in [2.75, 3.05) is 5.73 Å². The third-order valence-electron chi connectivity index (χ3n) is 2.35. The van der Waals surface area contributed by atoms with Crippen molar-refractivity contribution in [2.45, 2.75) is 6.61 Å². The molecule has 2 aromatic rings. The molecule has 0 atom stereocenters. The number of pyridine rings is 1. The molecule has 0 aliphatic carbocycles. The van der Waals surface area contributed by atoms with Crippen LogP contribution < -0.4 is 5.73 Å². The molecular formula is C13H10BrFN2O2. The first-order valence-corrected chi connectivity index (χ1v) is 6.18. The van der Waals surface area contributed by atoms with Gasteiger partial charge in [-0.25, -0.2) is 9.18 Å². The van der Waals surface area contributed by atoms with E-state index in [1.54, 1.807) is 18.3 Å². The Bertz CT molecular complexity index is 602. The molecule has 0 spiro atoms. The Labute approximate surface area is 117 Å². The van der Waals surface area contributed by atoms with Crippen molar-refractivity contribution in [1.29, 1.82) is 0 Å². The highest BCUT2D eigenvalue weighted by atomic mass is 79.9. The summed E-state index contributed by atoms with van der Waals surface area (Å²) in [4.78, 5) is 15.7. The molecule has 0 saturated heterocycles. The number of ether oxygens (including phenoxy) is 1. The number of carbonyl (C=O) groups is 1. The largest absolute Gasteiger partial charge is 0.456 e. The van der Waals surface area contributed by atoms with Gasteiger partial charge in [0.25, 0.3) is 0 Å². The van der Waals surface area contributed by atoms with E-state index in [0.717, 1.165) is 10.5 Å². The molecule has 0 saturated carbocycles. The summed E-state index contributed by atoms with van der Waals surface area (Å²) in [5.74, 6) is -1.43. The van der Waals surface area contributed by atoms with Crippen molar-refractivity contribution < 1.29 is 13.9 Å². The van der Waals surface area contributed by atoms with Gasteiger partial charge >= 0.3 is 5.97 Å². The fourth-order valence-electron chi connectivity index (χ4n) is 1.41. The summed E-state index contributed by atoms with van der Waals surface area (Å²) in [6, 6.07) is 7.23. The maximum Gasteiger partial charge on any atom is 0.341 e. The van der Waals surface area contributed by atoms with E-state index in [1.807, 2.05) is 0 Å². The first kappa shape index (κ1) is 13.5. The lowest BCUT2D eigenvalue weighted by Gasteiger charge is -2.06. The number of esters is 1. The van der Waals surface area contributed by atoms with Crippen LogP contribution in [0.2, 0.25) is 0 Å². The van der Waals surface area contributed by atoms with Crippen molar-refractivity contribution in [3.63, 3.8) is 0 Å². The zero-order chi connectivity index (χ0) is 13.8. The Kier molecular flexibility index (Phi) is 4.11. The number of anilines is 1. The average molecular weight is 325 g/mol. The minimum atomic E-state index is -0.769. The van der Waals surface area contributed by atoms with Gasteiger partial charge in [-0.1, -0.05) is 0 Å². The van der Waals surface area contributed by atoms with Crippen LogP contribution in [0.3, 0.4) is 0 Å². The van der Waals surface area contributed by atoms with E-state index in [9.17, 15) is 9.18 Å². The SMILES string of the molecule is Nc1ccc(F)c(C(=O)OCc2ccc(Br)cn2)c1. The van der Waals surface area contributed by atoms with Crippen molar-refractivity contribution in [3.05, 3.63) is 58.1 Å². The number of hydrogen-bond acceptors (Lipinski definition) is 4. The molecule has 6 heteroatoms. The highest BCUT2D eigenvalue weighted by Gasteiger charge is 2.13. The van der Waals surface area contributed by atoms with Gasteiger partial charge in [0.2, 0.25) is 0 Å². The number of nitrogens with zero attached hydrogens (tertiary/aromatic N) is 1. The molecule has 0 bridgehead atoms.